The van der Waals surface area contributed by atoms with Gasteiger partial charge in [-0.25, -0.2) is 0 Å². The molecule has 1 aromatic carbocycles. The van der Waals surface area contributed by atoms with Crippen molar-refractivity contribution in [3.05, 3.63) is 22.7 Å². The van der Waals surface area contributed by atoms with Crippen LogP contribution in [0.1, 0.15) is 32.1 Å². The Labute approximate surface area is 106 Å². The Morgan fingerprint density at radius 3 is 2.75 bits per heavy atom. The maximum Gasteiger partial charge on any atom is 0.0486 e. The zero-order valence-corrected chi connectivity index (χ0v) is 11.1. The Morgan fingerprint density at radius 1 is 1.31 bits per heavy atom. The van der Waals surface area contributed by atoms with E-state index in [9.17, 15) is 0 Å². The van der Waals surface area contributed by atoms with Crippen LogP contribution in [-0.2, 0) is 0 Å². The summed E-state index contributed by atoms with van der Waals surface area (Å²) >= 11 is 3.52. The third kappa shape index (κ3) is 3.14. The first-order valence-electron chi connectivity index (χ1n) is 6.04. The van der Waals surface area contributed by atoms with Gasteiger partial charge < -0.3 is 11.1 Å². The van der Waals surface area contributed by atoms with Gasteiger partial charge in [-0.1, -0.05) is 25.7 Å². The van der Waals surface area contributed by atoms with Gasteiger partial charge in [0.1, 0.15) is 0 Å². The van der Waals surface area contributed by atoms with Crippen LogP contribution in [0.15, 0.2) is 22.7 Å². The quantitative estimate of drug-likeness (QED) is 0.819. The number of halogens is 1. The molecule has 0 heterocycles. The molecule has 0 amide bonds. The van der Waals surface area contributed by atoms with Crippen LogP contribution in [0.5, 0.6) is 0 Å². The molecule has 1 aromatic rings. The lowest BCUT2D eigenvalue weighted by molar-refractivity contribution is 0.518. The highest BCUT2D eigenvalue weighted by Gasteiger charge is 2.14. The summed E-state index contributed by atoms with van der Waals surface area (Å²) in [6.45, 7) is 1.06. The van der Waals surface area contributed by atoms with Crippen LogP contribution < -0.4 is 11.1 Å². The summed E-state index contributed by atoms with van der Waals surface area (Å²) in [6.07, 6.45) is 6.98. The smallest absolute Gasteiger partial charge is 0.0486 e. The summed E-state index contributed by atoms with van der Waals surface area (Å²) < 4.78 is 1.05. The summed E-state index contributed by atoms with van der Waals surface area (Å²) in [5.74, 6) is 0.944. The molecular weight excluding hydrogens is 264 g/mol. The third-order valence-corrected chi connectivity index (χ3v) is 3.99. The van der Waals surface area contributed by atoms with Gasteiger partial charge in [0.05, 0.1) is 0 Å². The summed E-state index contributed by atoms with van der Waals surface area (Å²) in [5.41, 5.74) is 7.64. The van der Waals surface area contributed by atoms with Crippen LogP contribution in [-0.4, -0.2) is 6.54 Å². The fourth-order valence-corrected chi connectivity index (χ4v) is 2.92. The second-order valence-electron chi connectivity index (χ2n) is 4.61. The number of nitrogens with one attached hydrogen (secondary N) is 1. The Bertz CT molecular complexity index is 346. The van der Waals surface area contributed by atoms with Crippen molar-refractivity contribution in [1.82, 2.24) is 0 Å². The molecule has 0 unspecified atom stereocenters. The molecule has 2 nitrogen and oxygen atoms in total. The van der Waals surface area contributed by atoms with Gasteiger partial charge in [0.2, 0.25) is 0 Å². The van der Waals surface area contributed by atoms with Crippen molar-refractivity contribution < 1.29 is 0 Å². The topological polar surface area (TPSA) is 38.0 Å². The van der Waals surface area contributed by atoms with Gasteiger partial charge in [-0.3, -0.25) is 0 Å². The SMILES string of the molecule is Nc1ccc(NCCC2CCCC2)c(Br)c1. The second-order valence-corrected chi connectivity index (χ2v) is 5.46. The zero-order chi connectivity index (χ0) is 11.4. The van der Waals surface area contributed by atoms with Crippen LogP contribution >= 0.6 is 15.9 Å². The molecule has 0 aromatic heterocycles. The Balaban J connectivity index is 1.80. The minimum Gasteiger partial charge on any atom is -0.399 e. The van der Waals surface area contributed by atoms with E-state index in [4.69, 9.17) is 5.73 Å². The highest BCUT2D eigenvalue weighted by atomic mass is 79.9. The van der Waals surface area contributed by atoms with E-state index in [1.807, 2.05) is 18.2 Å². The van der Waals surface area contributed by atoms with E-state index in [-0.39, 0.29) is 0 Å². The summed E-state index contributed by atoms with van der Waals surface area (Å²) in [4.78, 5) is 0. The number of nitrogen functional groups attached to an aromatic ring is 1. The fraction of sp³-hybridized carbons (Fsp3) is 0.538. The van der Waals surface area contributed by atoms with Gasteiger partial charge in [0.25, 0.3) is 0 Å². The molecule has 16 heavy (non-hydrogen) atoms. The van der Waals surface area contributed by atoms with Gasteiger partial charge in [-0.15, -0.1) is 0 Å². The largest absolute Gasteiger partial charge is 0.399 e. The molecule has 0 spiro atoms. The number of anilines is 2. The molecule has 0 bridgehead atoms. The summed E-state index contributed by atoms with van der Waals surface area (Å²) in [5, 5.41) is 3.46. The lowest BCUT2D eigenvalue weighted by Gasteiger charge is -2.12. The van der Waals surface area contributed by atoms with Gasteiger partial charge in [-0.05, 0) is 46.5 Å². The molecule has 88 valence electrons. The molecule has 0 radical (unpaired) electrons. The fourth-order valence-electron chi connectivity index (χ4n) is 2.38. The van der Waals surface area contributed by atoms with Crippen molar-refractivity contribution in [3.8, 4) is 0 Å². The lowest BCUT2D eigenvalue weighted by atomic mass is 10.0. The van der Waals surface area contributed by atoms with E-state index in [2.05, 4.69) is 21.2 Å². The van der Waals surface area contributed by atoms with Gasteiger partial charge >= 0.3 is 0 Å². The molecule has 1 aliphatic rings. The predicted octanol–water partition coefficient (Wildman–Crippen LogP) is 4.02. The normalized spacial score (nSPS) is 16.6. The maximum atomic E-state index is 5.70. The van der Waals surface area contributed by atoms with Crippen molar-refractivity contribution in [2.24, 2.45) is 5.92 Å². The zero-order valence-electron chi connectivity index (χ0n) is 9.51. The molecule has 3 heteroatoms. The number of benzene rings is 1. The van der Waals surface area contributed by atoms with Crippen molar-refractivity contribution in [2.45, 2.75) is 32.1 Å². The Hall–Kier alpha value is -0.700. The first-order chi connectivity index (χ1) is 7.75. The predicted molar refractivity (Wildman–Crippen MR) is 73.6 cm³/mol. The summed E-state index contributed by atoms with van der Waals surface area (Å²) in [7, 11) is 0. The van der Waals surface area contributed by atoms with Crippen LogP contribution in [0.4, 0.5) is 11.4 Å². The van der Waals surface area contributed by atoms with Crippen molar-refractivity contribution in [2.75, 3.05) is 17.6 Å². The molecule has 2 rings (SSSR count). The first-order valence-corrected chi connectivity index (χ1v) is 6.84. The molecule has 1 aliphatic carbocycles. The van der Waals surface area contributed by atoms with Gasteiger partial charge in [0, 0.05) is 22.4 Å². The van der Waals surface area contributed by atoms with E-state index >= 15 is 0 Å². The average molecular weight is 283 g/mol. The number of rotatable bonds is 4. The minimum atomic E-state index is 0.799. The third-order valence-electron chi connectivity index (χ3n) is 3.34. The highest BCUT2D eigenvalue weighted by Crippen LogP contribution is 2.28. The maximum absolute atomic E-state index is 5.70. The molecular formula is C13H19BrN2. The first kappa shape index (κ1) is 11.8. The molecule has 3 N–H and O–H groups in total. The summed E-state index contributed by atoms with van der Waals surface area (Å²) in [6, 6.07) is 5.91. The van der Waals surface area contributed by atoms with Crippen LogP contribution in [0.3, 0.4) is 0 Å². The monoisotopic (exact) mass is 282 g/mol. The van der Waals surface area contributed by atoms with Crippen LogP contribution in [0.25, 0.3) is 0 Å². The Kier molecular flexibility index (Phi) is 4.10. The molecule has 0 aliphatic heterocycles. The lowest BCUT2D eigenvalue weighted by Crippen LogP contribution is -2.07. The number of hydrogen-bond acceptors (Lipinski definition) is 2. The number of nitrogens with two attached hydrogens (primary N) is 1. The van der Waals surface area contributed by atoms with Crippen LogP contribution in [0, 0.1) is 5.92 Å². The van der Waals surface area contributed by atoms with Crippen molar-refractivity contribution in [1.29, 1.82) is 0 Å². The second kappa shape index (κ2) is 5.58. The van der Waals surface area contributed by atoms with E-state index in [0.717, 1.165) is 28.3 Å². The highest BCUT2D eigenvalue weighted by molar-refractivity contribution is 9.10. The molecule has 0 saturated heterocycles. The van der Waals surface area contributed by atoms with Crippen molar-refractivity contribution >= 4 is 27.3 Å². The standard InChI is InChI=1S/C13H19BrN2/c14-12-9-11(15)5-6-13(12)16-8-7-10-3-1-2-4-10/h5-6,9-10,16H,1-4,7-8,15H2. The minimum absolute atomic E-state index is 0.799. The Morgan fingerprint density at radius 2 is 2.06 bits per heavy atom. The number of hydrogen-bond donors (Lipinski definition) is 2. The van der Waals surface area contributed by atoms with E-state index in [1.165, 1.54) is 32.1 Å². The van der Waals surface area contributed by atoms with E-state index < -0.39 is 0 Å². The molecule has 0 atom stereocenters. The van der Waals surface area contributed by atoms with E-state index in [1.54, 1.807) is 0 Å². The van der Waals surface area contributed by atoms with Gasteiger partial charge in [0.15, 0.2) is 0 Å². The van der Waals surface area contributed by atoms with Gasteiger partial charge in [-0.2, -0.15) is 0 Å². The molecule has 1 fully saturated rings. The van der Waals surface area contributed by atoms with E-state index in [0.29, 0.717) is 0 Å². The van der Waals surface area contributed by atoms with Crippen LogP contribution in [0.2, 0.25) is 0 Å². The average Bonchev–Trinajstić information content (AvgIpc) is 2.74. The van der Waals surface area contributed by atoms with Crippen molar-refractivity contribution in [3.63, 3.8) is 0 Å². The molecule has 1 saturated carbocycles.